The molecule has 0 radical (unpaired) electrons. The van der Waals surface area contributed by atoms with E-state index in [1.807, 2.05) is 0 Å². The van der Waals surface area contributed by atoms with Crippen molar-refractivity contribution in [1.82, 2.24) is 0 Å². The van der Waals surface area contributed by atoms with E-state index in [1.54, 1.807) is 23.9 Å². The van der Waals surface area contributed by atoms with E-state index >= 15 is 0 Å². The van der Waals surface area contributed by atoms with E-state index in [0.29, 0.717) is 11.7 Å². The molecule has 7 heteroatoms. The van der Waals surface area contributed by atoms with Gasteiger partial charge in [0.25, 0.3) is 0 Å². The average molecular weight is 302 g/mol. The molecule has 1 aliphatic rings. The van der Waals surface area contributed by atoms with E-state index in [9.17, 15) is 13.5 Å². The van der Waals surface area contributed by atoms with Crippen molar-refractivity contribution in [3.63, 3.8) is 0 Å². The predicted octanol–water partition coefficient (Wildman–Crippen LogP) is 0.984. The Morgan fingerprint density at radius 3 is 2.58 bits per heavy atom. The number of thioether (sulfide) groups is 1. The lowest BCUT2D eigenvalue weighted by atomic mass is 10.2. The molecule has 1 aromatic rings. The number of primary sulfonamides is 1. The molecule has 0 aromatic heterocycles. The molecule has 106 valence electrons. The molecule has 0 bridgehead atoms. The quantitative estimate of drug-likeness (QED) is 0.851. The number of benzene rings is 1. The number of hydrogen-bond donors (Lipinski definition) is 2. The first kappa shape index (κ1) is 14.6. The first-order valence-corrected chi connectivity index (χ1v) is 8.56. The fourth-order valence-corrected chi connectivity index (χ4v) is 3.69. The van der Waals surface area contributed by atoms with Crippen LogP contribution in [0.15, 0.2) is 29.2 Å². The molecular formula is C12H18N2O3S2. The monoisotopic (exact) mass is 302 g/mol. The lowest BCUT2D eigenvalue weighted by Gasteiger charge is -2.24. The number of hydrogen-bond acceptors (Lipinski definition) is 5. The minimum Gasteiger partial charge on any atom is -0.382 e. The SMILES string of the molecule is CC1CN(c2ccc(S(N)(=O)=O)cc2)CC[C@H](O)S1. The second-order valence-corrected chi connectivity index (χ2v) is 7.86. The number of nitrogens with two attached hydrogens (primary N) is 1. The van der Waals surface area contributed by atoms with Crippen molar-refractivity contribution in [2.24, 2.45) is 5.14 Å². The molecule has 1 heterocycles. The lowest BCUT2D eigenvalue weighted by Crippen LogP contribution is -2.28. The van der Waals surface area contributed by atoms with E-state index in [2.05, 4.69) is 11.8 Å². The number of rotatable bonds is 2. The summed E-state index contributed by atoms with van der Waals surface area (Å²) in [6.45, 7) is 3.66. The highest BCUT2D eigenvalue weighted by molar-refractivity contribution is 8.00. The van der Waals surface area contributed by atoms with Crippen LogP contribution in [0.1, 0.15) is 13.3 Å². The normalized spacial score (nSPS) is 25.1. The molecule has 0 spiro atoms. The van der Waals surface area contributed by atoms with E-state index in [1.165, 1.54) is 12.1 Å². The van der Waals surface area contributed by atoms with Crippen LogP contribution in [0.3, 0.4) is 0 Å². The molecule has 0 aliphatic carbocycles. The van der Waals surface area contributed by atoms with Gasteiger partial charge < -0.3 is 10.0 Å². The van der Waals surface area contributed by atoms with Gasteiger partial charge in [-0.2, -0.15) is 0 Å². The fraction of sp³-hybridized carbons (Fsp3) is 0.500. The van der Waals surface area contributed by atoms with Gasteiger partial charge in [0.05, 0.1) is 4.90 Å². The third-order valence-electron chi connectivity index (χ3n) is 3.04. The van der Waals surface area contributed by atoms with Gasteiger partial charge in [-0.15, -0.1) is 11.8 Å². The molecule has 2 rings (SSSR count). The zero-order valence-electron chi connectivity index (χ0n) is 10.7. The minimum atomic E-state index is -3.64. The molecule has 1 aromatic carbocycles. The predicted molar refractivity (Wildman–Crippen MR) is 77.7 cm³/mol. The summed E-state index contributed by atoms with van der Waals surface area (Å²) in [5.41, 5.74) is 0.623. The topological polar surface area (TPSA) is 83.6 Å². The molecule has 5 nitrogen and oxygen atoms in total. The molecule has 0 amide bonds. The summed E-state index contributed by atoms with van der Waals surface area (Å²) >= 11 is 1.57. The molecule has 0 saturated carbocycles. The molecular weight excluding hydrogens is 284 g/mol. The second kappa shape index (κ2) is 5.70. The van der Waals surface area contributed by atoms with Gasteiger partial charge in [0, 0.05) is 30.4 Å². The summed E-state index contributed by atoms with van der Waals surface area (Å²) < 4.78 is 22.4. The zero-order valence-corrected chi connectivity index (χ0v) is 12.3. The molecule has 3 N–H and O–H groups in total. The van der Waals surface area contributed by atoms with Gasteiger partial charge in [-0.25, -0.2) is 13.6 Å². The van der Waals surface area contributed by atoms with Gasteiger partial charge in [-0.3, -0.25) is 0 Å². The fourth-order valence-electron chi connectivity index (χ4n) is 2.13. The van der Waals surface area contributed by atoms with Gasteiger partial charge >= 0.3 is 0 Å². The molecule has 1 unspecified atom stereocenters. The third kappa shape index (κ3) is 3.85. The maximum absolute atomic E-state index is 11.2. The molecule has 1 fully saturated rings. The summed E-state index contributed by atoms with van der Waals surface area (Å²) in [6.07, 6.45) is 0.700. The Hall–Kier alpha value is -0.760. The molecule has 1 aliphatic heterocycles. The van der Waals surface area contributed by atoms with E-state index in [0.717, 1.165) is 18.8 Å². The lowest BCUT2D eigenvalue weighted by molar-refractivity contribution is 0.256. The number of anilines is 1. The van der Waals surface area contributed by atoms with Crippen LogP contribution in [0, 0.1) is 0 Å². The van der Waals surface area contributed by atoms with Crippen molar-refractivity contribution in [2.45, 2.75) is 28.9 Å². The second-order valence-electron chi connectivity index (χ2n) is 4.67. The highest BCUT2D eigenvalue weighted by atomic mass is 32.2. The summed E-state index contributed by atoms with van der Waals surface area (Å²) in [5, 5.41) is 15.1. The van der Waals surface area contributed by atoms with Gasteiger partial charge in [0.15, 0.2) is 0 Å². The smallest absolute Gasteiger partial charge is 0.238 e. The highest BCUT2D eigenvalue weighted by Gasteiger charge is 2.21. The highest BCUT2D eigenvalue weighted by Crippen LogP contribution is 2.27. The van der Waals surface area contributed by atoms with Gasteiger partial charge in [-0.1, -0.05) is 6.92 Å². The van der Waals surface area contributed by atoms with Crippen molar-refractivity contribution in [3.05, 3.63) is 24.3 Å². The maximum Gasteiger partial charge on any atom is 0.238 e. The Labute approximate surface area is 117 Å². The third-order valence-corrected chi connectivity index (χ3v) is 5.14. The number of nitrogens with zero attached hydrogens (tertiary/aromatic N) is 1. The van der Waals surface area contributed by atoms with Crippen molar-refractivity contribution in [3.8, 4) is 0 Å². The van der Waals surface area contributed by atoms with Crippen LogP contribution in [0.25, 0.3) is 0 Å². The summed E-state index contributed by atoms with van der Waals surface area (Å²) in [7, 11) is -3.64. The first-order chi connectivity index (χ1) is 8.86. The van der Waals surface area contributed by atoms with E-state index in [-0.39, 0.29) is 10.3 Å². The van der Waals surface area contributed by atoms with Gasteiger partial charge in [0.1, 0.15) is 5.44 Å². The van der Waals surface area contributed by atoms with Gasteiger partial charge in [-0.05, 0) is 24.3 Å². The van der Waals surface area contributed by atoms with Crippen LogP contribution in [-0.4, -0.2) is 37.3 Å². The van der Waals surface area contributed by atoms with E-state index < -0.39 is 10.0 Å². The Morgan fingerprint density at radius 2 is 2.00 bits per heavy atom. The Bertz CT molecular complexity index is 530. The van der Waals surface area contributed by atoms with Crippen LogP contribution in [0.5, 0.6) is 0 Å². The number of sulfonamides is 1. The molecule has 19 heavy (non-hydrogen) atoms. The van der Waals surface area contributed by atoms with E-state index in [4.69, 9.17) is 5.14 Å². The standard InChI is InChI=1S/C12H18N2O3S2/c1-9-8-14(7-6-12(15)18-9)10-2-4-11(5-3-10)19(13,16)17/h2-5,9,12,15H,6-8H2,1H3,(H2,13,16,17)/t9?,12-/m1/s1. The Morgan fingerprint density at radius 1 is 1.37 bits per heavy atom. The van der Waals surface area contributed by atoms with Crippen LogP contribution in [-0.2, 0) is 10.0 Å². The first-order valence-electron chi connectivity index (χ1n) is 6.07. The van der Waals surface area contributed by atoms with Crippen LogP contribution in [0.4, 0.5) is 5.69 Å². The summed E-state index contributed by atoms with van der Waals surface area (Å²) in [5.74, 6) is 0. The summed E-state index contributed by atoms with van der Waals surface area (Å²) in [6, 6.07) is 6.55. The molecule has 2 atom stereocenters. The number of aliphatic hydroxyl groups excluding tert-OH is 1. The van der Waals surface area contributed by atoms with Crippen molar-refractivity contribution in [1.29, 1.82) is 0 Å². The number of aliphatic hydroxyl groups is 1. The van der Waals surface area contributed by atoms with Crippen molar-refractivity contribution in [2.75, 3.05) is 18.0 Å². The Kier molecular flexibility index (Phi) is 4.39. The van der Waals surface area contributed by atoms with Crippen LogP contribution in [0.2, 0.25) is 0 Å². The van der Waals surface area contributed by atoms with Crippen LogP contribution >= 0.6 is 11.8 Å². The van der Waals surface area contributed by atoms with Crippen LogP contribution < -0.4 is 10.0 Å². The maximum atomic E-state index is 11.2. The largest absolute Gasteiger partial charge is 0.382 e. The average Bonchev–Trinajstić information content (AvgIpc) is 2.49. The van der Waals surface area contributed by atoms with Crippen molar-refractivity contribution >= 4 is 27.5 Å². The summed E-state index contributed by atoms with van der Waals surface area (Å²) in [4.78, 5) is 2.27. The molecule has 1 saturated heterocycles. The Balaban J connectivity index is 2.17. The van der Waals surface area contributed by atoms with Gasteiger partial charge in [0.2, 0.25) is 10.0 Å². The van der Waals surface area contributed by atoms with Crippen molar-refractivity contribution < 1.29 is 13.5 Å². The zero-order chi connectivity index (χ0) is 14.0. The minimum absolute atomic E-state index is 0.119.